The van der Waals surface area contributed by atoms with Gasteiger partial charge in [0.15, 0.2) is 6.10 Å². The number of carbonyl (C=O) groups excluding carboxylic acids is 3. The van der Waals surface area contributed by atoms with E-state index in [9.17, 15) is 14.4 Å². The van der Waals surface area contributed by atoms with Crippen molar-refractivity contribution in [2.45, 2.75) is 26.9 Å². The molecule has 1 aliphatic heterocycles. The second-order valence-electron chi connectivity index (χ2n) is 7.76. The van der Waals surface area contributed by atoms with Crippen molar-refractivity contribution in [3.63, 3.8) is 0 Å². The average Bonchev–Trinajstić information content (AvgIpc) is 2.77. The van der Waals surface area contributed by atoms with Crippen LogP contribution in [-0.4, -0.2) is 62.1 Å². The summed E-state index contributed by atoms with van der Waals surface area (Å²) in [5.41, 5.74) is 3.28. The zero-order valence-electron chi connectivity index (χ0n) is 18.9. The van der Waals surface area contributed by atoms with Gasteiger partial charge in [0.2, 0.25) is 11.8 Å². The number of benzene rings is 2. The van der Waals surface area contributed by atoms with E-state index in [-0.39, 0.29) is 44.0 Å². The molecule has 0 aromatic heterocycles. The van der Waals surface area contributed by atoms with Crippen molar-refractivity contribution in [3.8, 4) is 5.75 Å². The lowest BCUT2D eigenvalue weighted by Gasteiger charge is -2.34. The number of rotatable bonds is 8. The summed E-state index contributed by atoms with van der Waals surface area (Å²) in [5.74, 6) is -0.423. The fraction of sp³-hybridized carbons (Fsp3) is 0.375. The van der Waals surface area contributed by atoms with Crippen molar-refractivity contribution in [2.75, 3.05) is 43.6 Å². The van der Waals surface area contributed by atoms with Gasteiger partial charge in [-0.15, -0.1) is 0 Å². The number of fused-ring (bicyclic) bond motifs is 1. The number of anilines is 2. The standard InChI is InChI=1S/C24H29N3O5/c1-16-8-7-9-19(17(16)2)25-22(28)14-26(12-13-31-4)23(29)15-27-20-10-5-6-11-21(20)32-18(3)24(27)30/h5-11,18H,12-15H2,1-4H3,(H,25,28). The first-order valence-electron chi connectivity index (χ1n) is 10.5. The van der Waals surface area contributed by atoms with Gasteiger partial charge >= 0.3 is 0 Å². The molecule has 0 spiro atoms. The van der Waals surface area contributed by atoms with E-state index >= 15 is 0 Å². The lowest BCUT2D eigenvalue weighted by molar-refractivity contribution is -0.135. The monoisotopic (exact) mass is 439 g/mol. The predicted octanol–water partition coefficient (Wildman–Crippen LogP) is 2.53. The van der Waals surface area contributed by atoms with Gasteiger partial charge in [-0.2, -0.15) is 0 Å². The third kappa shape index (κ3) is 5.26. The largest absolute Gasteiger partial charge is 0.479 e. The van der Waals surface area contributed by atoms with E-state index in [1.54, 1.807) is 25.1 Å². The first kappa shape index (κ1) is 23.3. The number of hydrogen-bond donors (Lipinski definition) is 1. The quantitative estimate of drug-likeness (QED) is 0.683. The molecule has 1 heterocycles. The summed E-state index contributed by atoms with van der Waals surface area (Å²) in [6.07, 6.45) is -0.697. The van der Waals surface area contributed by atoms with Gasteiger partial charge in [-0.3, -0.25) is 19.3 Å². The SMILES string of the molecule is COCCN(CC(=O)Nc1cccc(C)c1C)C(=O)CN1C(=O)C(C)Oc2ccccc21. The number of aryl methyl sites for hydroxylation is 1. The number of ether oxygens (including phenoxy) is 2. The fourth-order valence-electron chi connectivity index (χ4n) is 3.50. The molecule has 170 valence electrons. The van der Waals surface area contributed by atoms with E-state index in [2.05, 4.69) is 5.32 Å². The van der Waals surface area contributed by atoms with Gasteiger partial charge in [-0.25, -0.2) is 0 Å². The van der Waals surface area contributed by atoms with Crippen molar-refractivity contribution in [3.05, 3.63) is 53.6 Å². The van der Waals surface area contributed by atoms with Crippen LogP contribution in [0, 0.1) is 13.8 Å². The number of carbonyl (C=O) groups is 3. The highest BCUT2D eigenvalue weighted by atomic mass is 16.5. The van der Waals surface area contributed by atoms with Crippen LogP contribution in [0.25, 0.3) is 0 Å². The van der Waals surface area contributed by atoms with Crippen molar-refractivity contribution < 1.29 is 23.9 Å². The Morgan fingerprint density at radius 3 is 2.66 bits per heavy atom. The summed E-state index contributed by atoms with van der Waals surface area (Å²) < 4.78 is 10.7. The summed E-state index contributed by atoms with van der Waals surface area (Å²) in [7, 11) is 1.53. The maximum absolute atomic E-state index is 13.1. The highest BCUT2D eigenvalue weighted by Gasteiger charge is 2.33. The summed E-state index contributed by atoms with van der Waals surface area (Å²) in [6, 6.07) is 12.8. The molecular weight excluding hydrogens is 410 g/mol. The second kappa shape index (κ2) is 10.3. The van der Waals surface area contributed by atoms with E-state index < -0.39 is 6.10 Å². The summed E-state index contributed by atoms with van der Waals surface area (Å²) in [5, 5.41) is 2.87. The Hall–Kier alpha value is -3.39. The molecule has 1 atom stereocenters. The molecule has 1 unspecified atom stereocenters. The van der Waals surface area contributed by atoms with Crippen LogP contribution in [0.15, 0.2) is 42.5 Å². The molecule has 0 aliphatic carbocycles. The molecular formula is C24H29N3O5. The molecule has 3 rings (SSSR count). The number of methoxy groups -OCH3 is 1. The number of nitrogens with one attached hydrogen (secondary N) is 1. The van der Waals surface area contributed by atoms with Crippen molar-refractivity contribution in [1.29, 1.82) is 0 Å². The van der Waals surface area contributed by atoms with Gasteiger partial charge in [0, 0.05) is 19.3 Å². The first-order valence-corrected chi connectivity index (χ1v) is 10.5. The van der Waals surface area contributed by atoms with Crippen molar-refractivity contribution in [2.24, 2.45) is 0 Å². The number of para-hydroxylation sites is 2. The Kier molecular flexibility index (Phi) is 7.48. The van der Waals surface area contributed by atoms with Gasteiger partial charge in [0.25, 0.3) is 5.91 Å². The van der Waals surface area contributed by atoms with Crippen LogP contribution in [0.3, 0.4) is 0 Å². The van der Waals surface area contributed by atoms with Crippen LogP contribution in [0.2, 0.25) is 0 Å². The minimum Gasteiger partial charge on any atom is -0.479 e. The van der Waals surface area contributed by atoms with E-state index in [0.717, 1.165) is 11.1 Å². The molecule has 3 amide bonds. The Labute approximate surface area is 188 Å². The molecule has 1 N–H and O–H groups in total. The lowest BCUT2D eigenvalue weighted by Crippen LogP contribution is -2.51. The van der Waals surface area contributed by atoms with E-state index in [4.69, 9.17) is 9.47 Å². The highest BCUT2D eigenvalue weighted by Crippen LogP contribution is 2.33. The van der Waals surface area contributed by atoms with E-state index in [0.29, 0.717) is 17.1 Å². The van der Waals surface area contributed by atoms with E-state index in [1.165, 1.54) is 16.9 Å². The van der Waals surface area contributed by atoms with Crippen LogP contribution in [0.5, 0.6) is 5.75 Å². The van der Waals surface area contributed by atoms with Crippen molar-refractivity contribution in [1.82, 2.24) is 4.90 Å². The maximum Gasteiger partial charge on any atom is 0.268 e. The van der Waals surface area contributed by atoms with Gasteiger partial charge in [0.1, 0.15) is 18.8 Å². The summed E-state index contributed by atoms with van der Waals surface area (Å²) >= 11 is 0. The Morgan fingerprint density at radius 2 is 1.91 bits per heavy atom. The summed E-state index contributed by atoms with van der Waals surface area (Å²) in [6.45, 7) is 5.71. The third-order valence-corrected chi connectivity index (χ3v) is 5.50. The fourth-order valence-corrected chi connectivity index (χ4v) is 3.50. The number of amides is 3. The smallest absolute Gasteiger partial charge is 0.268 e. The molecule has 1 aliphatic rings. The molecule has 8 heteroatoms. The minimum absolute atomic E-state index is 0.148. The van der Waals surface area contributed by atoms with Crippen LogP contribution in [0.4, 0.5) is 11.4 Å². The minimum atomic E-state index is -0.697. The van der Waals surface area contributed by atoms with Crippen LogP contribution in [-0.2, 0) is 19.1 Å². The Bertz CT molecular complexity index is 1010. The van der Waals surface area contributed by atoms with Crippen molar-refractivity contribution >= 4 is 29.1 Å². The first-order chi connectivity index (χ1) is 15.3. The molecule has 0 saturated carbocycles. The van der Waals surface area contributed by atoms with E-state index in [1.807, 2.05) is 38.1 Å². The number of hydrogen-bond acceptors (Lipinski definition) is 5. The van der Waals surface area contributed by atoms with Gasteiger partial charge in [-0.1, -0.05) is 24.3 Å². The van der Waals surface area contributed by atoms with Gasteiger partial charge < -0.3 is 19.7 Å². The van der Waals surface area contributed by atoms with Crippen LogP contribution in [0.1, 0.15) is 18.1 Å². The molecule has 2 aromatic rings. The molecule has 2 aromatic carbocycles. The highest BCUT2D eigenvalue weighted by molar-refractivity contribution is 6.04. The Morgan fingerprint density at radius 1 is 1.16 bits per heavy atom. The molecule has 0 bridgehead atoms. The Balaban J connectivity index is 1.74. The average molecular weight is 440 g/mol. The van der Waals surface area contributed by atoms with Gasteiger partial charge in [-0.05, 0) is 50.1 Å². The number of nitrogens with zero attached hydrogens (tertiary/aromatic N) is 2. The summed E-state index contributed by atoms with van der Waals surface area (Å²) in [4.78, 5) is 41.4. The molecule has 8 nitrogen and oxygen atoms in total. The van der Waals surface area contributed by atoms with Crippen LogP contribution < -0.4 is 15.0 Å². The third-order valence-electron chi connectivity index (χ3n) is 5.50. The topological polar surface area (TPSA) is 88.2 Å². The van der Waals surface area contributed by atoms with Crippen LogP contribution >= 0.6 is 0 Å². The lowest BCUT2D eigenvalue weighted by atomic mass is 10.1. The normalized spacial score (nSPS) is 15.1. The molecule has 0 fully saturated rings. The zero-order chi connectivity index (χ0) is 23.3. The molecule has 0 radical (unpaired) electrons. The molecule has 32 heavy (non-hydrogen) atoms. The second-order valence-corrected chi connectivity index (χ2v) is 7.76. The maximum atomic E-state index is 13.1. The molecule has 0 saturated heterocycles. The zero-order valence-corrected chi connectivity index (χ0v) is 18.9. The predicted molar refractivity (Wildman–Crippen MR) is 122 cm³/mol. The van der Waals surface area contributed by atoms with Gasteiger partial charge in [0.05, 0.1) is 12.3 Å².